The molecule has 5 nitrogen and oxygen atoms in total. The molecule has 6 heteroatoms. The Kier molecular flexibility index (Phi) is 4.75. The van der Waals surface area contributed by atoms with Crippen molar-refractivity contribution in [3.05, 3.63) is 100 Å². The largest absolute Gasteiger partial charge is 0.507 e. The molecule has 1 aliphatic rings. The maximum absolute atomic E-state index is 12.9. The van der Waals surface area contributed by atoms with E-state index in [0.29, 0.717) is 21.9 Å². The highest BCUT2D eigenvalue weighted by molar-refractivity contribution is 6.46. The number of halogens is 1. The van der Waals surface area contributed by atoms with Crippen molar-refractivity contribution in [2.75, 3.05) is 0 Å². The highest BCUT2D eigenvalue weighted by atomic mass is 35.5. The lowest BCUT2D eigenvalue weighted by Crippen LogP contribution is -2.29. The summed E-state index contributed by atoms with van der Waals surface area (Å²) in [7, 11) is 0. The van der Waals surface area contributed by atoms with Crippen LogP contribution < -0.4 is 0 Å². The number of nitrogens with zero attached hydrogens (tertiary/aromatic N) is 1. The zero-order chi connectivity index (χ0) is 19.7. The molecule has 1 saturated heterocycles. The summed E-state index contributed by atoms with van der Waals surface area (Å²) < 4.78 is 5.36. The van der Waals surface area contributed by atoms with Crippen molar-refractivity contribution in [1.82, 2.24) is 4.90 Å². The van der Waals surface area contributed by atoms with Gasteiger partial charge in [0.05, 0.1) is 24.4 Å². The number of hydrogen-bond acceptors (Lipinski definition) is 4. The van der Waals surface area contributed by atoms with Crippen LogP contribution in [0.5, 0.6) is 0 Å². The van der Waals surface area contributed by atoms with Crippen LogP contribution in [0, 0.1) is 0 Å². The molecule has 140 valence electrons. The molecule has 2 heterocycles. The third-order valence-corrected chi connectivity index (χ3v) is 4.89. The van der Waals surface area contributed by atoms with Gasteiger partial charge in [-0.2, -0.15) is 0 Å². The summed E-state index contributed by atoms with van der Waals surface area (Å²) in [5.74, 6) is -1.11. The van der Waals surface area contributed by atoms with E-state index >= 15 is 0 Å². The van der Waals surface area contributed by atoms with Gasteiger partial charge in [-0.15, -0.1) is 0 Å². The molecular formula is C22H16ClNO4. The molecule has 1 amide bonds. The minimum absolute atomic E-state index is 0.0324. The van der Waals surface area contributed by atoms with Crippen molar-refractivity contribution < 1.29 is 19.1 Å². The summed E-state index contributed by atoms with van der Waals surface area (Å²) in [4.78, 5) is 27.0. The second-order valence-electron chi connectivity index (χ2n) is 6.43. The smallest absolute Gasteiger partial charge is 0.296 e. The Morgan fingerprint density at radius 3 is 2.50 bits per heavy atom. The average Bonchev–Trinajstić information content (AvgIpc) is 3.30. The molecule has 1 atom stereocenters. The van der Waals surface area contributed by atoms with Crippen molar-refractivity contribution in [3.8, 4) is 0 Å². The topological polar surface area (TPSA) is 70.8 Å². The van der Waals surface area contributed by atoms with E-state index in [1.54, 1.807) is 66.7 Å². The predicted molar refractivity (Wildman–Crippen MR) is 104 cm³/mol. The molecule has 1 aliphatic heterocycles. The predicted octanol–water partition coefficient (Wildman–Crippen LogP) is 4.55. The highest BCUT2D eigenvalue weighted by Gasteiger charge is 2.46. The van der Waals surface area contributed by atoms with Gasteiger partial charge in [0.25, 0.3) is 11.7 Å². The van der Waals surface area contributed by atoms with Gasteiger partial charge in [-0.05, 0) is 29.8 Å². The van der Waals surface area contributed by atoms with E-state index < -0.39 is 17.7 Å². The summed E-state index contributed by atoms with van der Waals surface area (Å²) in [5.41, 5.74) is 1.13. The van der Waals surface area contributed by atoms with E-state index in [2.05, 4.69) is 0 Å². The number of benzene rings is 2. The Morgan fingerprint density at radius 1 is 1.04 bits per heavy atom. The van der Waals surface area contributed by atoms with Gasteiger partial charge in [-0.1, -0.05) is 54.1 Å². The van der Waals surface area contributed by atoms with E-state index in [-0.39, 0.29) is 17.9 Å². The van der Waals surface area contributed by atoms with Gasteiger partial charge in [-0.3, -0.25) is 9.59 Å². The third kappa shape index (κ3) is 3.21. The molecule has 2 aromatic carbocycles. The maximum atomic E-state index is 12.9. The number of rotatable bonds is 4. The number of Topliss-reactive ketones (excluding diaryl/α,β-unsaturated/α-hetero) is 1. The fourth-order valence-corrected chi connectivity index (χ4v) is 3.59. The van der Waals surface area contributed by atoms with Crippen molar-refractivity contribution in [3.63, 3.8) is 0 Å². The first-order valence-corrected chi connectivity index (χ1v) is 9.05. The summed E-state index contributed by atoms with van der Waals surface area (Å²) in [6.45, 7) is 0.0975. The minimum Gasteiger partial charge on any atom is -0.507 e. The molecule has 4 rings (SSSR count). The van der Waals surface area contributed by atoms with Crippen molar-refractivity contribution >= 4 is 29.1 Å². The Morgan fingerprint density at radius 2 is 1.82 bits per heavy atom. The standard InChI is InChI=1S/C22H16ClNO4/c23-16-9-4-8-15(12-16)19-18(20(25)14-6-2-1-3-7-14)21(26)22(27)24(19)13-17-10-5-11-28-17/h1-12,19,25H,13H2. The Labute approximate surface area is 166 Å². The lowest BCUT2D eigenvalue weighted by atomic mass is 9.95. The minimum atomic E-state index is -0.774. The van der Waals surface area contributed by atoms with Gasteiger partial charge in [0.2, 0.25) is 0 Å². The van der Waals surface area contributed by atoms with Crippen LogP contribution in [-0.4, -0.2) is 21.7 Å². The van der Waals surface area contributed by atoms with Gasteiger partial charge >= 0.3 is 0 Å². The summed E-state index contributed by atoms with van der Waals surface area (Å²) in [6.07, 6.45) is 1.50. The van der Waals surface area contributed by atoms with Crippen LogP contribution in [-0.2, 0) is 16.1 Å². The lowest BCUT2D eigenvalue weighted by Gasteiger charge is -2.24. The number of carbonyl (C=O) groups excluding carboxylic acids is 2. The van der Waals surface area contributed by atoms with Gasteiger partial charge in [0.15, 0.2) is 0 Å². The molecule has 0 bridgehead atoms. The molecule has 1 N–H and O–H groups in total. The molecule has 3 aromatic rings. The zero-order valence-corrected chi connectivity index (χ0v) is 15.5. The molecule has 28 heavy (non-hydrogen) atoms. The van der Waals surface area contributed by atoms with Crippen molar-refractivity contribution in [2.24, 2.45) is 0 Å². The van der Waals surface area contributed by atoms with Crippen LogP contribution in [0.25, 0.3) is 5.76 Å². The number of amides is 1. The number of likely N-dealkylation sites (tertiary alicyclic amines) is 1. The van der Waals surface area contributed by atoms with Crippen LogP contribution in [0.4, 0.5) is 0 Å². The third-order valence-electron chi connectivity index (χ3n) is 4.66. The number of carbonyl (C=O) groups is 2. The van der Waals surface area contributed by atoms with Gasteiger partial charge in [-0.25, -0.2) is 0 Å². The summed E-state index contributed by atoms with van der Waals surface area (Å²) in [5, 5.41) is 11.3. The van der Waals surface area contributed by atoms with Crippen LogP contribution >= 0.6 is 11.6 Å². The van der Waals surface area contributed by atoms with Crippen molar-refractivity contribution in [2.45, 2.75) is 12.6 Å². The fraction of sp³-hybridized carbons (Fsp3) is 0.0909. The van der Waals surface area contributed by atoms with Crippen LogP contribution in [0.15, 0.2) is 83.0 Å². The molecule has 0 saturated carbocycles. The SMILES string of the molecule is O=C1C(=O)N(Cc2ccco2)C(c2cccc(Cl)c2)C1=C(O)c1ccccc1. The second kappa shape index (κ2) is 7.37. The summed E-state index contributed by atoms with van der Waals surface area (Å²) in [6, 6.07) is 18.3. The first-order chi connectivity index (χ1) is 13.6. The molecule has 1 unspecified atom stereocenters. The van der Waals surface area contributed by atoms with E-state index in [4.69, 9.17) is 16.0 Å². The van der Waals surface area contributed by atoms with Gasteiger partial charge in [0, 0.05) is 10.6 Å². The van der Waals surface area contributed by atoms with E-state index in [0.717, 1.165) is 0 Å². The molecule has 0 spiro atoms. The first kappa shape index (κ1) is 18.1. The normalized spacial score (nSPS) is 18.6. The van der Waals surface area contributed by atoms with Gasteiger partial charge < -0.3 is 14.4 Å². The molecule has 1 aromatic heterocycles. The number of furan rings is 1. The Balaban J connectivity index is 1.88. The number of hydrogen-bond donors (Lipinski definition) is 1. The molecular weight excluding hydrogens is 378 g/mol. The average molecular weight is 394 g/mol. The summed E-state index contributed by atoms with van der Waals surface area (Å²) >= 11 is 6.15. The number of aliphatic hydroxyl groups is 1. The fourth-order valence-electron chi connectivity index (χ4n) is 3.39. The monoisotopic (exact) mass is 393 g/mol. The lowest BCUT2D eigenvalue weighted by molar-refractivity contribution is -0.140. The molecule has 1 fully saturated rings. The number of ketones is 1. The second-order valence-corrected chi connectivity index (χ2v) is 6.86. The van der Waals surface area contributed by atoms with Crippen LogP contribution in [0.1, 0.15) is 22.9 Å². The van der Waals surface area contributed by atoms with Crippen LogP contribution in [0.3, 0.4) is 0 Å². The maximum Gasteiger partial charge on any atom is 0.296 e. The highest BCUT2D eigenvalue weighted by Crippen LogP contribution is 2.40. The molecule has 0 radical (unpaired) electrons. The quantitative estimate of drug-likeness (QED) is 0.401. The van der Waals surface area contributed by atoms with Crippen LogP contribution in [0.2, 0.25) is 5.02 Å². The molecule has 0 aliphatic carbocycles. The Hall–Kier alpha value is -3.31. The van der Waals surface area contributed by atoms with Gasteiger partial charge in [0.1, 0.15) is 11.5 Å². The van der Waals surface area contributed by atoms with E-state index in [9.17, 15) is 14.7 Å². The zero-order valence-electron chi connectivity index (χ0n) is 14.7. The van der Waals surface area contributed by atoms with E-state index in [1.165, 1.54) is 11.2 Å². The number of aliphatic hydroxyl groups excluding tert-OH is 1. The van der Waals surface area contributed by atoms with Crippen molar-refractivity contribution in [1.29, 1.82) is 0 Å². The Bertz CT molecular complexity index is 1060. The first-order valence-electron chi connectivity index (χ1n) is 8.68. The van der Waals surface area contributed by atoms with E-state index in [1.807, 2.05) is 0 Å².